The van der Waals surface area contributed by atoms with Crippen molar-refractivity contribution < 1.29 is 4.79 Å². The number of fused-ring (bicyclic) bond motifs is 1. The lowest BCUT2D eigenvalue weighted by Crippen LogP contribution is -2.10. The molecule has 108 valence electrons. The zero-order chi connectivity index (χ0) is 15.7. The van der Waals surface area contributed by atoms with Crippen LogP contribution in [0.2, 0.25) is 0 Å². The summed E-state index contributed by atoms with van der Waals surface area (Å²) < 4.78 is 2.50. The van der Waals surface area contributed by atoms with Gasteiger partial charge in [0.05, 0.1) is 21.8 Å². The van der Waals surface area contributed by atoms with Gasteiger partial charge in [-0.05, 0) is 49.4 Å². The SMILES string of the molecule is CCn1c(=O)sc2cc(C(=O)c3ccc(C#N)cc3)ccc21. The van der Waals surface area contributed by atoms with E-state index in [4.69, 9.17) is 5.26 Å². The van der Waals surface area contributed by atoms with E-state index in [0.717, 1.165) is 21.6 Å². The highest BCUT2D eigenvalue weighted by atomic mass is 32.1. The maximum atomic E-state index is 12.5. The minimum absolute atomic E-state index is 0.0135. The van der Waals surface area contributed by atoms with Crippen LogP contribution in [0.5, 0.6) is 0 Å². The number of rotatable bonds is 3. The molecule has 5 heteroatoms. The number of hydrogen-bond acceptors (Lipinski definition) is 4. The van der Waals surface area contributed by atoms with Crippen LogP contribution >= 0.6 is 11.3 Å². The first kappa shape index (κ1) is 14.2. The van der Waals surface area contributed by atoms with Crippen molar-refractivity contribution in [1.82, 2.24) is 4.57 Å². The van der Waals surface area contributed by atoms with Gasteiger partial charge in [-0.1, -0.05) is 11.3 Å². The molecule has 4 nitrogen and oxygen atoms in total. The van der Waals surface area contributed by atoms with Crippen molar-refractivity contribution in [2.24, 2.45) is 0 Å². The Morgan fingerprint density at radius 1 is 1.18 bits per heavy atom. The first-order valence-electron chi connectivity index (χ1n) is 6.82. The molecule has 0 atom stereocenters. The number of aromatic nitrogens is 1. The molecule has 0 saturated heterocycles. The van der Waals surface area contributed by atoms with E-state index in [-0.39, 0.29) is 10.7 Å². The molecule has 0 spiro atoms. The van der Waals surface area contributed by atoms with Crippen molar-refractivity contribution in [2.75, 3.05) is 0 Å². The smallest absolute Gasteiger partial charge is 0.299 e. The second-order valence-corrected chi connectivity index (χ2v) is 5.81. The van der Waals surface area contributed by atoms with Gasteiger partial charge in [0.1, 0.15) is 0 Å². The fraction of sp³-hybridized carbons (Fsp3) is 0.118. The number of benzene rings is 2. The summed E-state index contributed by atoms with van der Waals surface area (Å²) in [6.45, 7) is 2.53. The third-order valence-corrected chi connectivity index (χ3v) is 4.46. The number of nitrogens with zero attached hydrogens (tertiary/aromatic N) is 2. The second-order valence-electron chi connectivity index (χ2n) is 4.81. The Morgan fingerprint density at radius 3 is 2.50 bits per heavy atom. The number of ketones is 1. The van der Waals surface area contributed by atoms with Gasteiger partial charge in [0.2, 0.25) is 0 Å². The lowest BCUT2D eigenvalue weighted by Gasteiger charge is -2.03. The number of aryl methyl sites for hydroxylation is 1. The van der Waals surface area contributed by atoms with Crippen LogP contribution in [0.1, 0.15) is 28.4 Å². The molecule has 1 heterocycles. The first-order valence-corrected chi connectivity index (χ1v) is 7.64. The normalized spacial score (nSPS) is 10.5. The molecule has 0 aliphatic carbocycles. The van der Waals surface area contributed by atoms with Crippen LogP contribution in [-0.4, -0.2) is 10.4 Å². The zero-order valence-electron chi connectivity index (χ0n) is 11.9. The van der Waals surface area contributed by atoms with Crippen LogP contribution in [0.4, 0.5) is 0 Å². The van der Waals surface area contributed by atoms with Gasteiger partial charge in [0.15, 0.2) is 5.78 Å². The second kappa shape index (κ2) is 5.58. The predicted octanol–water partition coefficient (Wildman–Crippen LogP) is 3.19. The van der Waals surface area contributed by atoms with Gasteiger partial charge >= 0.3 is 4.87 Å². The molecule has 1 aromatic heterocycles. The van der Waals surface area contributed by atoms with Gasteiger partial charge in [-0.25, -0.2) is 0 Å². The van der Waals surface area contributed by atoms with Crippen molar-refractivity contribution in [3.63, 3.8) is 0 Å². The number of hydrogen-bond donors (Lipinski definition) is 0. The lowest BCUT2D eigenvalue weighted by molar-refractivity contribution is 0.103. The number of nitriles is 1. The van der Waals surface area contributed by atoms with E-state index in [0.29, 0.717) is 23.2 Å². The zero-order valence-corrected chi connectivity index (χ0v) is 12.7. The number of thiazole rings is 1. The summed E-state index contributed by atoms with van der Waals surface area (Å²) in [5, 5.41) is 8.79. The standard InChI is InChI=1S/C17H12N2O2S/c1-2-19-14-8-7-13(9-15(14)22-17(19)21)16(20)12-5-3-11(10-18)4-6-12/h3-9H,2H2,1H3. The maximum Gasteiger partial charge on any atom is 0.308 e. The third kappa shape index (κ3) is 2.34. The molecule has 0 N–H and O–H groups in total. The fourth-order valence-electron chi connectivity index (χ4n) is 2.37. The monoisotopic (exact) mass is 308 g/mol. The Morgan fingerprint density at radius 2 is 1.86 bits per heavy atom. The molecule has 0 amide bonds. The molecule has 2 aromatic carbocycles. The average Bonchev–Trinajstić information content (AvgIpc) is 2.88. The van der Waals surface area contributed by atoms with E-state index in [1.54, 1.807) is 41.0 Å². The molecular weight excluding hydrogens is 296 g/mol. The fourth-order valence-corrected chi connectivity index (χ4v) is 3.36. The van der Waals surface area contributed by atoms with Crippen LogP contribution in [-0.2, 0) is 6.54 Å². The molecular formula is C17H12N2O2S. The Bertz CT molecular complexity index is 959. The van der Waals surface area contributed by atoms with Crippen LogP contribution in [0.15, 0.2) is 47.3 Å². The van der Waals surface area contributed by atoms with Crippen LogP contribution in [0.3, 0.4) is 0 Å². The van der Waals surface area contributed by atoms with Gasteiger partial charge in [0, 0.05) is 17.7 Å². The Labute approximate surface area is 130 Å². The van der Waals surface area contributed by atoms with E-state index in [1.165, 1.54) is 0 Å². The summed E-state index contributed by atoms with van der Waals surface area (Å²) in [4.78, 5) is 24.3. The van der Waals surface area contributed by atoms with E-state index in [1.807, 2.05) is 19.1 Å². The van der Waals surface area contributed by atoms with Gasteiger partial charge in [-0.15, -0.1) is 0 Å². The molecule has 0 bridgehead atoms. The van der Waals surface area contributed by atoms with Crippen molar-refractivity contribution in [3.05, 3.63) is 68.8 Å². The van der Waals surface area contributed by atoms with Crippen molar-refractivity contribution in [2.45, 2.75) is 13.5 Å². The maximum absolute atomic E-state index is 12.5. The summed E-state index contributed by atoms with van der Waals surface area (Å²) in [5.74, 6) is -0.115. The molecule has 0 aliphatic heterocycles. The van der Waals surface area contributed by atoms with E-state index >= 15 is 0 Å². The molecule has 22 heavy (non-hydrogen) atoms. The minimum atomic E-state index is -0.115. The summed E-state index contributed by atoms with van der Waals surface area (Å²) >= 11 is 1.15. The van der Waals surface area contributed by atoms with Crippen LogP contribution in [0.25, 0.3) is 10.2 Å². The minimum Gasteiger partial charge on any atom is -0.299 e. The highest BCUT2D eigenvalue weighted by Gasteiger charge is 2.12. The number of carbonyl (C=O) groups excluding carboxylic acids is 1. The summed E-state index contributed by atoms with van der Waals surface area (Å²) in [5.41, 5.74) is 2.45. The van der Waals surface area contributed by atoms with Gasteiger partial charge < -0.3 is 0 Å². The molecule has 3 rings (SSSR count). The predicted molar refractivity (Wildman–Crippen MR) is 86.3 cm³/mol. The molecule has 0 aliphatic rings. The van der Waals surface area contributed by atoms with Crippen LogP contribution < -0.4 is 4.87 Å². The largest absolute Gasteiger partial charge is 0.308 e. The summed E-state index contributed by atoms with van der Waals surface area (Å²) in [6, 6.07) is 13.9. The van der Waals surface area contributed by atoms with Gasteiger partial charge in [-0.3, -0.25) is 14.2 Å². The topological polar surface area (TPSA) is 62.9 Å². The molecule has 0 fully saturated rings. The highest BCUT2D eigenvalue weighted by Crippen LogP contribution is 2.21. The van der Waals surface area contributed by atoms with Crippen LogP contribution in [0, 0.1) is 11.3 Å². The van der Waals surface area contributed by atoms with Crippen molar-refractivity contribution in [1.29, 1.82) is 5.26 Å². The van der Waals surface area contributed by atoms with E-state index in [2.05, 4.69) is 0 Å². The van der Waals surface area contributed by atoms with Crippen molar-refractivity contribution >= 4 is 27.3 Å². The molecule has 0 radical (unpaired) electrons. The Hall–Kier alpha value is -2.71. The van der Waals surface area contributed by atoms with Crippen molar-refractivity contribution in [3.8, 4) is 6.07 Å². The number of carbonyl (C=O) groups is 1. The van der Waals surface area contributed by atoms with Gasteiger partial charge in [-0.2, -0.15) is 5.26 Å². The van der Waals surface area contributed by atoms with Gasteiger partial charge in [0.25, 0.3) is 0 Å². The molecule has 0 unspecified atom stereocenters. The quantitative estimate of drug-likeness (QED) is 0.698. The first-order chi connectivity index (χ1) is 10.6. The highest BCUT2D eigenvalue weighted by molar-refractivity contribution is 7.16. The van der Waals surface area contributed by atoms with E-state index < -0.39 is 0 Å². The Balaban J connectivity index is 2.04. The molecule has 3 aromatic rings. The summed E-state index contributed by atoms with van der Waals surface area (Å²) in [7, 11) is 0. The molecule has 0 saturated carbocycles. The summed E-state index contributed by atoms with van der Waals surface area (Å²) in [6.07, 6.45) is 0. The van der Waals surface area contributed by atoms with E-state index in [9.17, 15) is 9.59 Å². The lowest BCUT2D eigenvalue weighted by atomic mass is 10.0. The Kier molecular flexibility index (Phi) is 3.61. The average molecular weight is 308 g/mol. The third-order valence-electron chi connectivity index (χ3n) is 3.52.